The number of allylic oxidation sites excluding steroid dienone is 5. The molecule has 2 rings (SSSR count). The summed E-state index contributed by atoms with van der Waals surface area (Å²) in [6.07, 6.45) is 4.06. The highest BCUT2D eigenvalue weighted by molar-refractivity contribution is 7.99. The third kappa shape index (κ3) is 10.0. The summed E-state index contributed by atoms with van der Waals surface area (Å²) in [6.45, 7) is 18.1. The molecule has 0 aromatic heterocycles. The number of rotatable bonds is 19. The van der Waals surface area contributed by atoms with Crippen LogP contribution in [0.1, 0.15) is 54.4 Å². The number of carbonyl (C=O) groups is 2. The van der Waals surface area contributed by atoms with Gasteiger partial charge in [-0.2, -0.15) is 8.78 Å². The van der Waals surface area contributed by atoms with Gasteiger partial charge in [0.05, 0.1) is 65.1 Å². The van der Waals surface area contributed by atoms with Crippen molar-refractivity contribution in [2.45, 2.75) is 89.0 Å². The number of likely N-dealkylation sites (N-methyl/N-ethyl adjacent to an activating group) is 2. The molecule has 0 aromatic carbocycles. The van der Waals surface area contributed by atoms with Gasteiger partial charge >= 0.3 is 6.11 Å². The minimum absolute atomic E-state index is 0.0565. The van der Waals surface area contributed by atoms with Crippen molar-refractivity contribution in [1.82, 2.24) is 19.0 Å². The summed E-state index contributed by atoms with van der Waals surface area (Å²) < 4.78 is 69.0. The van der Waals surface area contributed by atoms with Crippen LogP contribution in [0.15, 0.2) is 71.4 Å². The number of likely N-dealkylation sites (tertiary alicyclic amines) is 1. The number of methoxy groups -OCH3 is 2. The molecule has 0 N–H and O–H groups in total. The molecule has 11 nitrogen and oxygen atoms in total. The van der Waals surface area contributed by atoms with Crippen LogP contribution < -0.4 is 0 Å². The van der Waals surface area contributed by atoms with Crippen molar-refractivity contribution in [3.8, 4) is 0 Å². The van der Waals surface area contributed by atoms with E-state index in [0.29, 0.717) is 26.5 Å². The van der Waals surface area contributed by atoms with Gasteiger partial charge in [0, 0.05) is 50.6 Å². The lowest BCUT2D eigenvalue weighted by atomic mass is 9.76. The SMILES string of the molecule is C=C(OC)C(C)C1(N2C[C@H](OCCN(C)C)CC2C(=O)N(C)C)C(=O)N(S(=C)(=O)C(/C=C\C)C(C)(/C=C(\C)OC)OC(C)(F)F)C(=C)/C1=C\C(Cl)=C/CC. The zero-order chi connectivity index (χ0) is 41.6. The molecule has 0 spiro atoms. The van der Waals surface area contributed by atoms with E-state index in [4.69, 9.17) is 30.5 Å². The number of ether oxygens (including phenoxy) is 4. The van der Waals surface area contributed by atoms with Gasteiger partial charge in [0.1, 0.15) is 11.1 Å². The van der Waals surface area contributed by atoms with E-state index >= 15 is 9.00 Å². The number of carbonyl (C=O) groups excluding carboxylic acids is 2. The van der Waals surface area contributed by atoms with Gasteiger partial charge in [-0.15, -0.1) is 0 Å². The van der Waals surface area contributed by atoms with E-state index in [2.05, 4.69) is 19.0 Å². The Labute approximate surface area is 327 Å². The number of amides is 2. The molecular weight excluding hydrogens is 742 g/mol. The van der Waals surface area contributed by atoms with Crippen LogP contribution in [0, 0.1) is 5.92 Å². The Morgan fingerprint density at radius 2 is 1.81 bits per heavy atom. The van der Waals surface area contributed by atoms with Crippen LogP contribution in [0.25, 0.3) is 0 Å². The quantitative estimate of drug-likeness (QED) is 0.0891. The van der Waals surface area contributed by atoms with Crippen LogP contribution in [-0.4, -0.2) is 138 Å². The molecule has 2 saturated heterocycles. The topological polar surface area (TPSA) is 101 Å². The van der Waals surface area contributed by atoms with Crippen molar-refractivity contribution < 1.29 is 41.5 Å². The molecule has 7 atom stereocenters. The Hall–Kier alpha value is -3.01. The summed E-state index contributed by atoms with van der Waals surface area (Å²) in [6, 6.07) is -0.919. The van der Waals surface area contributed by atoms with Crippen LogP contribution in [-0.2, 0) is 38.2 Å². The maximum atomic E-state index is 15.8. The summed E-state index contributed by atoms with van der Waals surface area (Å²) in [5.74, 6) is 2.44. The first-order chi connectivity index (χ1) is 24.9. The van der Waals surface area contributed by atoms with Gasteiger partial charge in [-0.05, 0) is 65.7 Å². The fourth-order valence-corrected chi connectivity index (χ4v) is 9.85. The second-order valence-electron chi connectivity index (χ2n) is 14.4. The Bertz CT molecular complexity index is 1640. The largest absolute Gasteiger partial charge is 0.502 e. The summed E-state index contributed by atoms with van der Waals surface area (Å²) in [7, 11) is 5.76. The smallest absolute Gasteiger partial charge is 0.353 e. The van der Waals surface area contributed by atoms with Gasteiger partial charge in [-0.1, -0.05) is 56.8 Å². The lowest BCUT2D eigenvalue weighted by Crippen LogP contribution is -2.64. The second kappa shape index (κ2) is 18.8. The lowest BCUT2D eigenvalue weighted by molar-refractivity contribution is -0.266. The van der Waals surface area contributed by atoms with Crippen LogP contribution in [0.4, 0.5) is 8.78 Å². The monoisotopic (exact) mass is 802 g/mol. The molecular formula is C39H61ClF2N4O7S. The van der Waals surface area contributed by atoms with Crippen LogP contribution >= 0.6 is 11.6 Å². The summed E-state index contributed by atoms with van der Waals surface area (Å²) in [5, 5.41) is -1.25. The minimum Gasteiger partial charge on any atom is -0.502 e. The number of halogens is 3. The Morgan fingerprint density at radius 1 is 1.20 bits per heavy atom. The average Bonchev–Trinajstić information content (AvgIpc) is 3.57. The maximum absolute atomic E-state index is 15.8. The van der Waals surface area contributed by atoms with E-state index in [1.807, 2.05) is 25.9 Å². The minimum atomic E-state index is -4.08. The number of nitrogens with zero attached hydrogens (tertiary/aromatic N) is 4. The molecule has 0 aromatic rings. The van der Waals surface area contributed by atoms with Gasteiger partial charge in [0.15, 0.2) is 0 Å². The number of hydrogen-bond donors (Lipinski definition) is 0. The Kier molecular flexibility index (Phi) is 16.4. The van der Waals surface area contributed by atoms with Crippen molar-refractivity contribution in [2.75, 3.05) is 62.1 Å². The van der Waals surface area contributed by atoms with E-state index in [-0.39, 0.29) is 46.7 Å². The fraction of sp³-hybridized carbons (Fsp3) is 0.615. The standard InChI is InChI=1S/C39H61ClF2N4O7S/c1-16-18-30(40)22-32-28(5)46(54(15,49)34(19-17-2)37(7,24-26(3)50-13)53-38(8,41)42)36(48)39(32,27(4)29(6)51-14)45-25-31(52-21-20-43(9)10)23-33(45)35(47)44(11)12/h17-19,22,24,27,31,33-34H,5-6,15-16,20-21,23,25H2,1-4,7-14H3/b19-17-,26-24+,30-18+,32-22+/t27?,31-,33?,34?,37?,39?,54?/m1/s1. The highest BCUT2D eigenvalue weighted by Gasteiger charge is 2.66. The molecule has 0 aliphatic carbocycles. The first kappa shape index (κ1) is 47.1. The van der Waals surface area contributed by atoms with Gasteiger partial charge < -0.3 is 28.7 Å². The van der Waals surface area contributed by atoms with Gasteiger partial charge in [-0.25, -0.2) is 8.51 Å². The van der Waals surface area contributed by atoms with E-state index in [1.165, 1.54) is 51.2 Å². The number of hydrogen-bond acceptors (Lipinski definition) is 9. The second-order valence-corrected chi connectivity index (χ2v) is 17.1. The van der Waals surface area contributed by atoms with E-state index in [1.54, 1.807) is 45.0 Å². The molecule has 6 unspecified atom stereocenters. The van der Waals surface area contributed by atoms with Crippen molar-refractivity contribution in [1.29, 1.82) is 0 Å². The third-order valence-corrected chi connectivity index (χ3v) is 12.4. The average molecular weight is 803 g/mol. The first-order valence-electron chi connectivity index (χ1n) is 17.8. The molecule has 2 aliphatic rings. The third-order valence-electron chi connectivity index (χ3n) is 9.71. The van der Waals surface area contributed by atoms with Gasteiger partial charge in [0.25, 0.3) is 5.91 Å². The molecule has 2 heterocycles. The zero-order valence-corrected chi connectivity index (χ0v) is 35.6. The summed E-state index contributed by atoms with van der Waals surface area (Å²) >= 11 is 6.81. The van der Waals surface area contributed by atoms with Crippen molar-refractivity contribution in [3.05, 3.63) is 71.4 Å². The summed E-state index contributed by atoms with van der Waals surface area (Å²) in [5.41, 5.74) is -3.78. The van der Waals surface area contributed by atoms with E-state index in [9.17, 15) is 13.6 Å². The molecule has 54 heavy (non-hydrogen) atoms. The number of alkyl halides is 2. The molecule has 0 radical (unpaired) electrons. The zero-order valence-electron chi connectivity index (χ0n) is 34.0. The van der Waals surface area contributed by atoms with Crippen LogP contribution in [0.5, 0.6) is 0 Å². The molecule has 306 valence electrons. The van der Waals surface area contributed by atoms with Crippen molar-refractivity contribution in [2.24, 2.45) is 5.92 Å². The predicted octanol–water partition coefficient (Wildman–Crippen LogP) is 5.96. The van der Waals surface area contributed by atoms with Crippen LogP contribution in [0.2, 0.25) is 0 Å². The first-order valence-corrected chi connectivity index (χ1v) is 19.9. The Morgan fingerprint density at radius 3 is 2.30 bits per heavy atom. The fourth-order valence-electron chi connectivity index (χ4n) is 7.22. The molecule has 2 aliphatic heterocycles. The highest BCUT2D eigenvalue weighted by atomic mass is 35.5. The van der Waals surface area contributed by atoms with Crippen molar-refractivity contribution >= 4 is 39.0 Å². The van der Waals surface area contributed by atoms with Crippen molar-refractivity contribution in [3.63, 3.8) is 0 Å². The molecule has 15 heteroatoms. The van der Waals surface area contributed by atoms with E-state index in [0.717, 1.165) is 4.31 Å². The maximum Gasteiger partial charge on any atom is 0.353 e. The summed E-state index contributed by atoms with van der Waals surface area (Å²) in [4.78, 5) is 35.1. The molecule has 0 bridgehead atoms. The highest BCUT2D eigenvalue weighted by Crippen LogP contribution is 2.53. The van der Waals surface area contributed by atoms with Crippen LogP contribution in [0.3, 0.4) is 0 Å². The van der Waals surface area contributed by atoms with Gasteiger partial charge in [-0.3, -0.25) is 14.5 Å². The molecule has 2 amide bonds. The molecule has 0 saturated carbocycles. The Balaban J connectivity index is 3.16. The molecule has 2 fully saturated rings. The van der Waals surface area contributed by atoms with Gasteiger partial charge in [0.2, 0.25) is 5.91 Å². The van der Waals surface area contributed by atoms with E-state index < -0.39 is 56.2 Å². The lowest BCUT2D eigenvalue weighted by Gasteiger charge is -2.45. The normalized spacial score (nSPS) is 26.0. The predicted molar refractivity (Wildman–Crippen MR) is 213 cm³/mol.